The minimum atomic E-state index is -4.53. The molecule has 10 heteroatoms. The highest BCUT2D eigenvalue weighted by Gasteiger charge is 2.30. The van der Waals surface area contributed by atoms with Crippen LogP contribution < -0.4 is 14.4 Å². The molecule has 0 aliphatic rings. The van der Waals surface area contributed by atoms with E-state index in [1.165, 1.54) is 0 Å². The van der Waals surface area contributed by atoms with E-state index in [0.29, 0.717) is 19.4 Å². The van der Waals surface area contributed by atoms with E-state index in [4.69, 9.17) is 4.74 Å². The Hall–Kier alpha value is -2.75. The zero-order valence-corrected chi connectivity index (χ0v) is 17.4. The fraction of sp³-hybridized carbons (Fsp3) is 0.350. The number of nitrogens with one attached hydrogen (secondary N) is 1. The first-order chi connectivity index (χ1) is 14.0. The van der Waals surface area contributed by atoms with Crippen molar-refractivity contribution < 1.29 is 31.1 Å². The second kappa shape index (κ2) is 9.84. The molecule has 0 saturated carbocycles. The van der Waals surface area contributed by atoms with Crippen LogP contribution in [0.25, 0.3) is 0 Å². The normalized spacial score (nSPS) is 11.8. The minimum absolute atomic E-state index is 0.0188. The fourth-order valence-electron chi connectivity index (χ4n) is 2.82. The van der Waals surface area contributed by atoms with Crippen LogP contribution in [0.1, 0.15) is 17.5 Å². The molecule has 2 rings (SSSR count). The van der Waals surface area contributed by atoms with E-state index in [2.05, 4.69) is 5.32 Å². The average Bonchev–Trinajstić information content (AvgIpc) is 2.68. The van der Waals surface area contributed by atoms with Gasteiger partial charge in [0.2, 0.25) is 15.9 Å². The van der Waals surface area contributed by atoms with Gasteiger partial charge < -0.3 is 10.1 Å². The maximum atomic E-state index is 12.7. The number of nitrogens with zero attached hydrogens (tertiary/aromatic N) is 1. The molecule has 0 atom stereocenters. The fourth-order valence-corrected chi connectivity index (χ4v) is 3.68. The van der Waals surface area contributed by atoms with Gasteiger partial charge in [0.25, 0.3) is 0 Å². The topological polar surface area (TPSA) is 75.7 Å². The van der Waals surface area contributed by atoms with Gasteiger partial charge in [-0.15, -0.1) is 0 Å². The summed E-state index contributed by atoms with van der Waals surface area (Å²) in [5, 5.41) is 2.63. The van der Waals surface area contributed by atoms with Crippen LogP contribution in [0.5, 0.6) is 5.75 Å². The Morgan fingerprint density at radius 3 is 2.30 bits per heavy atom. The number of para-hydroxylation sites is 1. The van der Waals surface area contributed by atoms with E-state index in [1.54, 1.807) is 7.11 Å². The number of carbonyl (C=O) groups is 1. The van der Waals surface area contributed by atoms with E-state index in [-0.39, 0.29) is 5.69 Å². The molecule has 0 heterocycles. The first-order valence-corrected chi connectivity index (χ1v) is 10.9. The number of halogens is 3. The van der Waals surface area contributed by atoms with Gasteiger partial charge in [-0.05, 0) is 48.7 Å². The van der Waals surface area contributed by atoms with E-state index in [0.717, 1.165) is 46.1 Å². The van der Waals surface area contributed by atoms with Crippen LogP contribution in [0.3, 0.4) is 0 Å². The summed E-state index contributed by atoms with van der Waals surface area (Å²) in [6.45, 7) is -0.222. The van der Waals surface area contributed by atoms with Crippen molar-refractivity contribution >= 4 is 21.6 Å². The summed E-state index contributed by atoms with van der Waals surface area (Å²) < 4.78 is 68.2. The predicted octanol–water partition coefficient (Wildman–Crippen LogP) is 3.23. The van der Waals surface area contributed by atoms with Gasteiger partial charge in [-0.2, -0.15) is 13.2 Å². The van der Waals surface area contributed by atoms with E-state index < -0.39 is 34.2 Å². The summed E-state index contributed by atoms with van der Waals surface area (Å²) in [5.41, 5.74) is 0.0620. The molecule has 0 saturated heterocycles. The van der Waals surface area contributed by atoms with E-state index >= 15 is 0 Å². The zero-order chi connectivity index (χ0) is 22.4. The van der Waals surface area contributed by atoms with Crippen LogP contribution in [0.4, 0.5) is 18.9 Å². The van der Waals surface area contributed by atoms with Crippen molar-refractivity contribution in [3.8, 4) is 5.75 Å². The highest BCUT2D eigenvalue weighted by atomic mass is 32.2. The molecule has 1 N–H and O–H groups in total. The van der Waals surface area contributed by atoms with Gasteiger partial charge in [0.1, 0.15) is 12.3 Å². The summed E-state index contributed by atoms with van der Waals surface area (Å²) in [6, 6.07) is 11.1. The second-order valence-electron chi connectivity index (χ2n) is 6.58. The number of hydrogen-bond donors (Lipinski definition) is 1. The number of alkyl halides is 3. The minimum Gasteiger partial charge on any atom is -0.496 e. The highest BCUT2D eigenvalue weighted by Crippen LogP contribution is 2.30. The van der Waals surface area contributed by atoms with E-state index in [9.17, 15) is 26.4 Å². The maximum absolute atomic E-state index is 12.7. The molecule has 0 radical (unpaired) electrons. The van der Waals surface area contributed by atoms with Gasteiger partial charge in [-0.25, -0.2) is 8.42 Å². The van der Waals surface area contributed by atoms with Crippen molar-refractivity contribution in [1.82, 2.24) is 5.32 Å². The van der Waals surface area contributed by atoms with Gasteiger partial charge in [-0.1, -0.05) is 18.2 Å². The third-order valence-electron chi connectivity index (χ3n) is 4.31. The van der Waals surface area contributed by atoms with E-state index in [1.807, 2.05) is 24.3 Å². The van der Waals surface area contributed by atoms with Gasteiger partial charge in [0.15, 0.2) is 0 Å². The lowest BCUT2D eigenvalue weighted by Gasteiger charge is -2.22. The molecule has 30 heavy (non-hydrogen) atoms. The summed E-state index contributed by atoms with van der Waals surface area (Å²) in [5.74, 6) is 0.190. The molecule has 0 aliphatic heterocycles. The Morgan fingerprint density at radius 1 is 1.10 bits per heavy atom. The largest absolute Gasteiger partial charge is 0.496 e. The SMILES string of the molecule is COc1ccccc1CCCNC(=O)CN(c1ccc(C(F)(F)F)cc1)S(C)(=O)=O. The Morgan fingerprint density at radius 2 is 1.73 bits per heavy atom. The molecule has 0 aliphatic carbocycles. The molecule has 2 aromatic rings. The molecule has 0 fully saturated rings. The summed E-state index contributed by atoms with van der Waals surface area (Å²) in [6.07, 6.45) is -2.39. The quantitative estimate of drug-likeness (QED) is 0.603. The molecule has 164 valence electrons. The molecule has 0 bridgehead atoms. The van der Waals surface area contributed by atoms with Gasteiger partial charge in [-0.3, -0.25) is 9.10 Å². The number of amides is 1. The van der Waals surface area contributed by atoms with Crippen LogP contribution in [0, 0.1) is 0 Å². The van der Waals surface area contributed by atoms with Gasteiger partial charge >= 0.3 is 6.18 Å². The third kappa shape index (κ3) is 6.65. The van der Waals surface area contributed by atoms with Crippen LogP contribution >= 0.6 is 0 Å². The summed E-state index contributed by atoms with van der Waals surface area (Å²) in [7, 11) is -2.30. The number of aryl methyl sites for hydroxylation is 1. The number of methoxy groups -OCH3 is 1. The molecular formula is C20H23F3N2O4S. The van der Waals surface area contributed by atoms with Crippen LogP contribution in [-0.2, 0) is 27.4 Å². The van der Waals surface area contributed by atoms with Crippen LogP contribution in [0.2, 0.25) is 0 Å². The molecular weight excluding hydrogens is 421 g/mol. The van der Waals surface area contributed by atoms with Crippen molar-refractivity contribution in [2.24, 2.45) is 0 Å². The summed E-state index contributed by atoms with van der Waals surface area (Å²) >= 11 is 0. The zero-order valence-electron chi connectivity index (χ0n) is 16.6. The van der Waals surface area contributed by atoms with Crippen molar-refractivity contribution in [2.45, 2.75) is 19.0 Å². The number of benzene rings is 2. The number of sulfonamides is 1. The highest BCUT2D eigenvalue weighted by molar-refractivity contribution is 7.92. The van der Waals surface area contributed by atoms with Crippen LogP contribution in [-0.4, -0.2) is 40.8 Å². The van der Waals surface area contributed by atoms with Crippen molar-refractivity contribution in [1.29, 1.82) is 0 Å². The standard InChI is InChI=1S/C20H23F3N2O4S/c1-29-18-8-4-3-6-15(18)7-5-13-24-19(26)14-25(30(2,27)28)17-11-9-16(10-12-17)20(21,22)23/h3-4,6,8-12H,5,7,13-14H2,1-2H3,(H,24,26). The lowest BCUT2D eigenvalue weighted by Crippen LogP contribution is -2.40. The molecule has 6 nitrogen and oxygen atoms in total. The number of anilines is 1. The first-order valence-electron chi connectivity index (χ1n) is 9.06. The maximum Gasteiger partial charge on any atom is 0.416 e. The van der Waals surface area contributed by atoms with Crippen molar-refractivity contribution in [3.05, 3.63) is 59.7 Å². The number of ether oxygens (including phenoxy) is 1. The predicted molar refractivity (Wildman–Crippen MR) is 108 cm³/mol. The Bertz CT molecular complexity index is 961. The molecule has 0 aromatic heterocycles. The van der Waals surface area contributed by atoms with Crippen molar-refractivity contribution in [2.75, 3.05) is 30.8 Å². The monoisotopic (exact) mass is 444 g/mol. The second-order valence-corrected chi connectivity index (χ2v) is 8.49. The smallest absolute Gasteiger partial charge is 0.416 e. The number of hydrogen-bond acceptors (Lipinski definition) is 4. The Kier molecular flexibility index (Phi) is 7.71. The number of rotatable bonds is 9. The van der Waals surface area contributed by atoms with Crippen molar-refractivity contribution in [3.63, 3.8) is 0 Å². The van der Waals surface area contributed by atoms with Gasteiger partial charge in [0, 0.05) is 6.54 Å². The molecule has 0 spiro atoms. The lowest BCUT2D eigenvalue weighted by atomic mass is 10.1. The summed E-state index contributed by atoms with van der Waals surface area (Å²) in [4.78, 5) is 12.2. The Balaban J connectivity index is 1.96. The molecule has 1 amide bonds. The number of carbonyl (C=O) groups excluding carboxylic acids is 1. The lowest BCUT2D eigenvalue weighted by molar-refractivity contribution is -0.137. The van der Waals surface area contributed by atoms with Crippen LogP contribution in [0.15, 0.2) is 48.5 Å². The van der Waals surface area contributed by atoms with Gasteiger partial charge in [0.05, 0.1) is 24.6 Å². The Labute approximate surface area is 173 Å². The molecule has 2 aromatic carbocycles. The first kappa shape index (κ1) is 23.5. The average molecular weight is 444 g/mol. The molecule has 0 unspecified atom stereocenters. The third-order valence-corrected chi connectivity index (χ3v) is 5.45.